The number of hydrazine groups is 1. The molecule has 3 atom stereocenters. The fourth-order valence-electron chi connectivity index (χ4n) is 4.53. The summed E-state index contributed by atoms with van der Waals surface area (Å²) in [6.07, 6.45) is 3.34. The summed E-state index contributed by atoms with van der Waals surface area (Å²) in [4.78, 5) is 37.9. The van der Waals surface area contributed by atoms with E-state index < -0.39 is 30.1 Å². The van der Waals surface area contributed by atoms with Gasteiger partial charge in [-0.1, -0.05) is 12.1 Å². The van der Waals surface area contributed by atoms with Crippen LogP contribution in [0.5, 0.6) is 0 Å². The molecular formula is C23H36Br2N6O5. The van der Waals surface area contributed by atoms with Crippen LogP contribution in [0.4, 0.5) is 5.69 Å². The van der Waals surface area contributed by atoms with Crippen molar-refractivity contribution in [1.29, 1.82) is 5.41 Å². The Hall–Kier alpha value is -2.22. The highest BCUT2D eigenvalue weighted by atomic mass is 79.9. The van der Waals surface area contributed by atoms with E-state index >= 15 is 0 Å². The van der Waals surface area contributed by atoms with E-state index in [-0.39, 0.29) is 52.4 Å². The minimum Gasteiger partial charge on any atom is -0.480 e. The number of amides is 1. The number of carboxylic acids is 1. The summed E-state index contributed by atoms with van der Waals surface area (Å²) in [5.74, 6) is -1.90. The Labute approximate surface area is 232 Å². The van der Waals surface area contributed by atoms with E-state index in [0.717, 1.165) is 12.0 Å². The van der Waals surface area contributed by atoms with E-state index in [1.807, 2.05) is 17.1 Å². The van der Waals surface area contributed by atoms with E-state index in [1.165, 1.54) is 5.01 Å². The molecule has 202 valence electrons. The minimum absolute atomic E-state index is 0. The maximum atomic E-state index is 13.4. The number of rotatable bonds is 9. The van der Waals surface area contributed by atoms with E-state index in [2.05, 4.69) is 10.6 Å². The number of anilines is 1. The lowest BCUT2D eigenvalue weighted by Gasteiger charge is -2.42. The highest BCUT2D eigenvalue weighted by Gasteiger charge is 2.42. The van der Waals surface area contributed by atoms with Crippen LogP contribution in [0.1, 0.15) is 44.6 Å². The Morgan fingerprint density at radius 2 is 1.83 bits per heavy atom. The SMILES string of the molecule is Br.Br.CCOC(=O)[C@H](CCc1ccc(NC(=N)N)cc1)N[C@H]1CCCN2CCC[C@@H](C(=O)O)N2C1=O. The van der Waals surface area contributed by atoms with Crippen LogP contribution in [0.3, 0.4) is 0 Å². The van der Waals surface area contributed by atoms with Gasteiger partial charge in [0, 0.05) is 18.8 Å². The van der Waals surface area contributed by atoms with Gasteiger partial charge in [-0.3, -0.25) is 25.3 Å². The number of carboxylic acid groups (broad SMARTS) is 1. The number of esters is 1. The highest BCUT2D eigenvalue weighted by molar-refractivity contribution is 8.93. The molecule has 0 aromatic heterocycles. The number of carbonyl (C=O) groups excluding carboxylic acids is 2. The number of benzene rings is 1. The molecule has 2 saturated heterocycles. The molecule has 0 bridgehead atoms. The van der Waals surface area contributed by atoms with Crippen LogP contribution in [-0.2, 0) is 25.5 Å². The normalized spacial score (nSPS) is 20.6. The molecule has 3 rings (SSSR count). The van der Waals surface area contributed by atoms with E-state index in [0.29, 0.717) is 50.9 Å². The molecule has 13 heteroatoms. The van der Waals surface area contributed by atoms with Crippen LogP contribution >= 0.6 is 34.0 Å². The highest BCUT2D eigenvalue weighted by Crippen LogP contribution is 2.24. The first-order valence-corrected chi connectivity index (χ1v) is 11.7. The van der Waals surface area contributed by atoms with Gasteiger partial charge >= 0.3 is 11.9 Å². The van der Waals surface area contributed by atoms with Crippen LogP contribution in [0, 0.1) is 5.41 Å². The summed E-state index contributed by atoms with van der Waals surface area (Å²) in [6.45, 7) is 3.22. The van der Waals surface area contributed by atoms with Gasteiger partial charge in [0.25, 0.3) is 5.91 Å². The molecule has 0 spiro atoms. The number of carbonyl (C=O) groups is 3. The summed E-state index contributed by atoms with van der Waals surface area (Å²) in [6, 6.07) is 5.11. The third-order valence-corrected chi connectivity index (χ3v) is 6.14. The van der Waals surface area contributed by atoms with Crippen molar-refractivity contribution >= 4 is 63.5 Å². The molecule has 0 unspecified atom stereocenters. The van der Waals surface area contributed by atoms with Gasteiger partial charge in [0.15, 0.2) is 5.96 Å². The molecule has 11 nitrogen and oxygen atoms in total. The second kappa shape index (κ2) is 15.1. The minimum atomic E-state index is -1.01. The topological polar surface area (TPSA) is 161 Å². The Kier molecular flexibility index (Phi) is 13.4. The van der Waals surface area contributed by atoms with Crippen LogP contribution in [-0.4, -0.2) is 76.8 Å². The Morgan fingerprint density at radius 1 is 1.19 bits per heavy atom. The fraction of sp³-hybridized carbons (Fsp3) is 0.565. The maximum absolute atomic E-state index is 13.4. The van der Waals surface area contributed by atoms with Crippen LogP contribution < -0.4 is 16.4 Å². The fourth-order valence-corrected chi connectivity index (χ4v) is 4.53. The van der Waals surface area contributed by atoms with Gasteiger partial charge in [-0.25, -0.2) is 9.80 Å². The Morgan fingerprint density at radius 3 is 2.42 bits per heavy atom. The molecular weight excluding hydrogens is 600 g/mol. The third-order valence-electron chi connectivity index (χ3n) is 6.14. The number of guanidine groups is 1. The van der Waals surface area contributed by atoms with E-state index in [9.17, 15) is 19.5 Å². The lowest BCUT2D eigenvalue weighted by atomic mass is 10.0. The summed E-state index contributed by atoms with van der Waals surface area (Å²) >= 11 is 0. The van der Waals surface area contributed by atoms with E-state index in [1.54, 1.807) is 19.1 Å². The molecule has 2 aliphatic heterocycles. The van der Waals surface area contributed by atoms with Gasteiger partial charge in [0.05, 0.1) is 12.6 Å². The average Bonchev–Trinajstić information content (AvgIpc) is 2.95. The molecule has 2 heterocycles. The van der Waals surface area contributed by atoms with Crippen molar-refractivity contribution in [3.05, 3.63) is 29.8 Å². The molecule has 0 saturated carbocycles. The second-order valence-electron chi connectivity index (χ2n) is 8.57. The van der Waals surface area contributed by atoms with Crippen molar-refractivity contribution in [2.75, 3.05) is 25.0 Å². The molecule has 2 fully saturated rings. The van der Waals surface area contributed by atoms with Gasteiger partial charge in [0.2, 0.25) is 0 Å². The van der Waals surface area contributed by atoms with Gasteiger partial charge in [-0.15, -0.1) is 34.0 Å². The number of aryl methyl sites for hydroxylation is 1. The van der Waals surface area contributed by atoms with Crippen LogP contribution in [0.2, 0.25) is 0 Å². The number of fused-ring (bicyclic) bond motifs is 1. The Bertz CT molecular complexity index is 903. The van der Waals surface area contributed by atoms with E-state index in [4.69, 9.17) is 15.9 Å². The van der Waals surface area contributed by atoms with Gasteiger partial charge in [0.1, 0.15) is 12.1 Å². The van der Waals surface area contributed by atoms with Crippen molar-refractivity contribution in [3.63, 3.8) is 0 Å². The number of nitrogens with zero attached hydrogens (tertiary/aromatic N) is 2. The largest absolute Gasteiger partial charge is 0.480 e. The molecule has 1 amide bonds. The summed E-state index contributed by atoms with van der Waals surface area (Å²) in [7, 11) is 0. The molecule has 6 N–H and O–H groups in total. The number of hydrogen-bond donors (Lipinski definition) is 5. The molecule has 2 aliphatic rings. The summed E-state index contributed by atoms with van der Waals surface area (Å²) in [5, 5.41) is 26.1. The van der Waals surface area contributed by atoms with Gasteiger partial charge in [-0.05, 0) is 63.1 Å². The van der Waals surface area contributed by atoms with Crippen molar-refractivity contribution in [2.24, 2.45) is 5.73 Å². The first-order chi connectivity index (χ1) is 16.3. The first kappa shape index (κ1) is 31.8. The predicted molar refractivity (Wildman–Crippen MR) is 147 cm³/mol. The summed E-state index contributed by atoms with van der Waals surface area (Å²) in [5.41, 5.74) is 7.02. The number of nitrogens with two attached hydrogens (primary N) is 1. The standard InChI is InChI=1S/C23H34N6O5.2BrH/c1-2-34-22(33)18(12-9-15-7-10-16(11-8-15)26-23(24)25)27-17-5-3-13-28-14-4-6-19(21(31)32)29(28)20(17)30;;/h7-8,10-11,17-19,27H,2-6,9,12-14H2,1H3,(H,31,32)(H4,24,25,26);2*1H/t17-,18-,19-;;/m0../s1. The zero-order valence-electron chi connectivity index (χ0n) is 20.3. The molecule has 0 radical (unpaired) electrons. The average molecular weight is 636 g/mol. The van der Waals surface area contributed by atoms with Crippen LogP contribution in [0.15, 0.2) is 24.3 Å². The molecule has 1 aromatic carbocycles. The smallest absolute Gasteiger partial charge is 0.328 e. The zero-order chi connectivity index (χ0) is 24.7. The van der Waals surface area contributed by atoms with Crippen molar-refractivity contribution in [1.82, 2.24) is 15.3 Å². The predicted octanol–water partition coefficient (Wildman–Crippen LogP) is 2.06. The number of nitrogens with one attached hydrogen (secondary N) is 3. The molecule has 36 heavy (non-hydrogen) atoms. The zero-order valence-corrected chi connectivity index (χ0v) is 23.7. The van der Waals surface area contributed by atoms with Crippen molar-refractivity contribution in [2.45, 2.75) is 63.6 Å². The quantitative estimate of drug-likeness (QED) is 0.155. The van der Waals surface area contributed by atoms with Crippen LogP contribution in [0.25, 0.3) is 0 Å². The molecule has 0 aliphatic carbocycles. The monoisotopic (exact) mass is 634 g/mol. The Balaban J connectivity index is 0.00000324. The summed E-state index contributed by atoms with van der Waals surface area (Å²) < 4.78 is 5.25. The number of ether oxygens (including phenoxy) is 1. The van der Waals surface area contributed by atoms with Crippen molar-refractivity contribution < 1.29 is 24.2 Å². The van der Waals surface area contributed by atoms with Crippen molar-refractivity contribution in [3.8, 4) is 0 Å². The number of halogens is 2. The number of aliphatic carboxylic acids is 1. The molecule has 1 aromatic rings. The van der Waals surface area contributed by atoms with Gasteiger partial charge < -0.3 is 20.9 Å². The second-order valence-corrected chi connectivity index (χ2v) is 8.57. The lowest BCUT2D eigenvalue weighted by Crippen LogP contribution is -2.61. The van der Waals surface area contributed by atoms with Gasteiger partial charge in [-0.2, -0.15) is 0 Å². The number of hydrogen-bond acceptors (Lipinski definition) is 7. The maximum Gasteiger partial charge on any atom is 0.328 e. The lowest BCUT2D eigenvalue weighted by molar-refractivity contribution is -0.174. The first-order valence-electron chi connectivity index (χ1n) is 11.7. The third kappa shape index (κ3) is 8.43.